The van der Waals surface area contributed by atoms with Crippen LogP contribution in [0.4, 0.5) is 0 Å². The van der Waals surface area contributed by atoms with Crippen LogP contribution in [0.5, 0.6) is 5.75 Å². The van der Waals surface area contributed by atoms with Crippen LogP contribution in [0.1, 0.15) is 62.1 Å². The fourth-order valence-electron chi connectivity index (χ4n) is 5.42. The van der Waals surface area contributed by atoms with Gasteiger partial charge in [0.05, 0.1) is 0 Å². The molecule has 1 aliphatic rings. The van der Waals surface area contributed by atoms with Gasteiger partial charge < -0.3 is 14.6 Å². The second-order valence-electron chi connectivity index (χ2n) is 10.3. The van der Waals surface area contributed by atoms with E-state index >= 15 is 0 Å². The second kappa shape index (κ2) is 13.4. The summed E-state index contributed by atoms with van der Waals surface area (Å²) < 4.78 is 11.0. The molecule has 1 N–H and O–H groups in total. The van der Waals surface area contributed by atoms with Crippen LogP contribution < -0.4 is 4.74 Å². The predicted octanol–water partition coefficient (Wildman–Crippen LogP) is 7.52. The summed E-state index contributed by atoms with van der Waals surface area (Å²) in [6.45, 7) is 8.38. The number of ether oxygens (including phenoxy) is 2. The fraction of sp³-hybridized carbons (Fsp3) is 0.382. The van der Waals surface area contributed by atoms with Crippen molar-refractivity contribution in [3.63, 3.8) is 0 Å². The van der Waals surface area contributed by atoms with Crippen molar-refractivity contribution < 1.29 is 19.4 Å². The van der Waals surface area contributed by atoms with Crippen LogP contribution in [-0.4, -0.2) is 30.9 Å². The highest BCUT2D eigenvalue weighted by molar-refractivity contribution is 5.81. The summed E-state index contributed by atoms with van der Waals surface area (Å²) in [6.07, 6.45) is 7.85. The third-order valence-corrected chi connectivity index (χ3v) is 7.73. The standard InChI is InChI=1S/C34H40O4/c1-4-25-22-30(31-15-14-29(18-19-35)33(23-31)37-20-21-38-34(36)5-2)16-17-32(25)28-12-10-27(11-13-28)26-8-6-24(3)7-9-26/h5,10-17,22-24,26,35H,2,4,6-9,18-21H2,1,3H3. The Morgan fingerprint density at radius 1 is 0.921 bits per heavy atom. The largest absolute Gasteiger partial charge is 0.490 e. The summed E-state index contributed by atoms with van der Waals surface area (Å²) in [6, 6.07) is 22.0. The molecule has 1 fully saturated rings. The first kappa shape index (κ1) is 27.7. The molecule has 0 saturated heterocycles. The molecule has 0 bridgehead atoms. The van der Waals surface area contributed by atoms with Crippen molar-refractivity contribution in [3.05, 3.63) is 90.0 Å². The maximum absolute atomic E-state index is 11.3. The van der Waals surface area contributed by atoms with Gasteiger partial charge in [0, 0.05) is 12.7 Å². The maximum atomic E-state index is 11.3. The molecule has 4 heteroatoms. The lowest BCUT2D eigenvalue weighted by atomic mass is 9.79. The fourth-order valence-corrected chi connectivity index (χ4v) is 5.42. The molecule has 1 saturated carbocycles. The van der Waals surface area contributed by atoms with Crippen molar-refractivity contribution >= 4 is 5.97 Å². The number of hydrogen-bond donors (Lipinski definition) is 1. The molecule has 0 aliphatic heterocycles. The Kier molecular flexibility index (Phi) is 9.78. The highest BCUT2D eigenvalue weighted by atomic mass is 16.6. The van der Waals surface area contributed by atoms with Crippen molar-refractivity contribution in [2.24, 2.45) is 5.92 Å². The number of carbonyl (C=O) groups is 1. The minimum Gasteiger partial charge on any atom is -0.490 e. The smallest absolute Gasteiger partial charge is 0.330 e. The van der Waals surface area contributed by atoms with E-state index in [0.29, 0.717) is 18.1 Å². The molecule has 4 rings (SSSR count). The molecular formula is C34H40O4. The van der Waals surface area contributed by atoms with Gasteiger partial charge in [-0.3, -0.25) is 0 Å². The third-order valence-electron chi connectivity index (χ3n) is 7.73. The Bertz CT molecular complexity index is 1220. The quantitative estimate of drug-likeness (QED) is 0.164. The van der Waals surface area contributed by atoms with E-state index in [9.17, 15) is 9.90 Å². The van der Waals surface area contributed by atoms with E-state index in [2.05, 4.69) is 69.0 Å². The van der Waals surface area contributed by atoms with Crippen molar-refractivity contribution in [1.82, 2.24) is 0 Å². The lowest BCUT2D eigenvalue weighted by Crippen LogP contribution is -2.11. The van der Waals surface area contributed by atoms with E-state index in [0.717, 1.165) is 35.1 Å². The van der Waals surface area contributed by atoms with Crippen LogP contribution in [0.25, 0.3) is 22.3 Å². The van der Waals surface area contributed by atoms with Crippen LogP contribution in [0.2, 0.25) is 0 Å². The Morgan fingerprint density at radius 2 is 1.61 bits per heavy atom. The van der Waals surface area contributed by atoms with E-state index in [1.807, 2.05) is 12.1 Å². The minimum atomic E-state index is -0.469. The molecule has 38 heavy (non-hydrogen) atoms. The molecule has 0 unspecified atom stereocenters. The zero-order valence-electron chi connectivity index (χ0n) is 22.7. The minimum absolute atomic E-state index is 0.0362. The molecule has 3 aromatic carbocycles. The monoisotopic (exact) mass is 512 g/mol. The Balaban J connectivity index is 1.53. The number of benzene rings is 3. The number of aryl methyl sites for hydroxylation is 1. The number of aliphatic hydroxyl groups is 1. The summed E-state index contributed by atoms with van der Waals surface area (Å²) >= 11 is 0. The lowest BCUT2D eigenvalue weighted by Gasteiger charge is -2.26. The first-order chi connectivity index (χ1) is 18.5. The summed E-state index contributed by atoms with van der Waals surface area (Å²) in [5.41, 5.74) is 8.41. The number of aliphatic hydroxyl groups excluding tert-OH is 1. The van der Waals surface area contributed by atoms with Crippen molar-refractivity contribution in [3.8, 4) is 28.0 Å². The molecule has 4 nitrogen and oxygen atoms in total. The van der Waals surface area contributed by atoms with E-state index < -0.39 is 5.97 Å². The topological polar surface area (TPSA) is 55.8 Å². The van der Waals surface area contributed by atoms with Gasteiger partial charge in [0.15, 0.2) is 0 Å². The third kappa shape index (κ3) is 6.93. The molecule has 3 aromatic rings. The first-order valence-electron chi connectivity index (χ1n) is 13.9. The van der Waals surface area contributed by atoms with Gasteiger partial charge in [0.25, 0.3) is 0 Å². The average molecular weight is 513 g/mol. The van der Waals surface area contributed by atoms with E-state index in [1.54, 1.807) is 0 Å². The Labute approximate surface area is 227 Å². The molecule has 0 amide bonds. The Hall–Kier alpha value is -3.37. The maximum Gasteiger partial charge on any atom is 0.330 e. The van der Waals surface area contributed by atoms with E-state index in [-0.39, 0.29) is 19.8 Å². The number of hydrogen-bond acceptors (Lipinski definition) is 4. The summed E-state index contributed by atoms with van der Waals surface area (Å²) in [5.74, 6) is 1.80. The van der Waals surface area contributed by atoms with Gasteiger partial charge in [-0.15, -0.1) is 0 Å². The number of rotatable bonds is 11. The van der Waals surface area contributed by atoms with Gasteiger partial charge in [0.2, 0.25) is 0 Å². The van der Waals surface area contributed by atoms with E-state index in [4.69, 9.17) is 9.47 Å². The highest BCUT2D eigenvalue weighted by Gasteiger charge is 2.19. The first-order valence-corrected chi connectivity index (χ1v) is 13.9. The zero-order chi connectivity index (χ0) is 26.9. The van der Waals surface area contributed by atoms with Gasteiger partial charge in [-0.25, -0.2) is 4.79 Å². The van der Waals surface area contributed by atoms with Gasteiger partial charge in [0.1, 0.15) is 19.0 Å². The van der Waals surface area contributed by atoms with Crippen LogP contribution in [-0.2, 0) is 22.4 Å². The SMILES string of the molecule is C=CC(=O)OCCOc1cc(-c2ccc(-c3ccc(C4CCC(C)CC4)cc3)c(CC)c2)ccc1CCO. The van der Waals surface area contributed by atoms with Crippen molar-refractivity contribution in [2.45, 2.75) is 58.3 Å². The lowest BCUT2D eigenvalue weighted by molar-refractivity contribution is -0.138. The average Bonchev–Trinajstić information content (AvgIpc) is 2.96. The molecule has 0 radical (unpaired) electrons. The van der Waals surface area contributed by atoms with Crippen LogP contribution in [0, 0.1) is 5.92 Å². The highest BCUT2D eigenvalue weighted by Crippen LogP contribution is 2.37. The van der Waals surface area contributed by atoms with Crippen LogP contribution in [0.15, 0.2) is 73.3 Å². The molecule has 0 heterocycles. The molecule has 1 aliphatic carbocycles. The molecule has 0 spiro atoms. The predicted molar refractivity (Wildman–Crippen MR) is 155 cm³/mol. The summed E-state index contributed by atoms with van der Waals surface area (Å²) in [4.78, 5) is 11.3. The van der Waals surface area contributed by atoms with Crippen LogP contribution >= 0.6 is 0 Å². The zero-order valence-corrected chi connectivity index (χ0v) is 22.7. The van der Waals surface area contributed by atoms with Crippen LogP contribution in [0.3, 0.4) is 0 Å². The van der Waals surface area contributed by atoms with Crippen molar-refractivity contribution in [1.29, 1.82) is 0 Å². The van der Waals surface area contributed by atoms with Gasteiger partial charge >= 0.3 is 5.97 Å². The molecule has 200 valence electrons. The van der Waals surface area contributed by atoms with Crippen molar-refractivity contribution in [2.75, 3.05) is 19.8 Å². The van der Waals surface area contributed by atoms with Gasteiger partial charge in [-0.2, -0.15) is 0 Å². The summed E-state index contributed by atoms with van der Waals surface area (Å²) in [7, 11) is 0. The molecule has 0 aromatic heterocycles. The van der Waals surface area contributed by atoms with E-state index in [1.165, 1.54) is 47.9 Å². The molecular weight excluding hydrogens is 472 g/mol. The number of esters is 1. The van der Waals surface area contributed by atoms with Gasteiger partial charge in [-0.05, 0) is 82.5 Å². The second-order valence-corrected chi connectivity index (χ2v) is 10.3. The Morgan fingerprint density at radius 3 is 2.29 bits per heavy atom. The number of carbonyl (C=O) groups excluding carboxylic acids is 1. The molecule has 0 atom stereocenters. The normalized spacial score (nSPS) is 17.1. The van der Waals surface area contributed by atoms with Gasteiger partial charge in [-0.1, -0.05) is 87.9 Å². The summed E-state index contributed by atoms with van der Waals surface area (Å²) in [5, 5.41) is 9.48.